The number of carbonyl (C=O) groups excluding carboxylic acids is 3. The Morgan fingerprint density at radius 1 is 0.475 bits per heavy atom. The highest BCUT2D eigenvalue weighted by molar-refractivity contribution is 7.52. The van der Waals surface area contributed by atoms with Crippen LogP contribution < -0.4 is 68.7 Å². The Labute approximate surface area is 805 Å². The molecule has 45 nitrogen and oxygen atoms in total. The average Bonchev–Trinajstić information content (AvgIpc) is 1.55. The molecule has 0 radical (unpaired) electrons. The molecule has 139 heavy (non-hydrogen) atoms. The second-order valence-corrected chi connectivity index (χ2v) is 36.2. The molecule has 3 aromatic carbocycles. The normalized spacial score (nSPS) is 27.4. The maximum atomic E-state index is 14.0. The molecule has 14 N–H and O–H groups in total. The highest BCUT2D eigenvalue weighted by Gasteiger charge is 2.68. The smallest absolute Gasteiger partial charge is 0.462 e. The molecule has 786 valence electrons. The third-order valence-corrected chi connectivity index (χ3v) is 22.4. The number of hydrogen-bond acceptors (Lipinski definition) is 34. The zero-order valence-electron chi connectivity index (χ0n) is 79.3. The average molecular weight is 2040 g/mol. The summed E-state index contributed by atoms with van der Waals surface area (Å²) in [5.41, 5.74) is -13.1. The highest BCUT2D eigenvalue weighted by Crippen LogP contribution is 2.54. The number of esters is 3. The van der Waals surface area contributed by atoms with Crippen molar-refractivity contribution in [3.8, 4) is 17.2 Å². The van der Waals surface area contributed by atoms with Crippen LogP contribution in [0.25, 0.3) is 0 Å². The lowest BCUT2D eigenvalue weighted by molar-refractivity contribution is -0.221. The second kappa shape index (κ2) is 49.8. The van der Waals surface area contributed by atoms with Crippen LogP contribution >= 0.6 is 15.5 Å². The lowest BCUT2D eigenvalue weighted by Gasteiger charge is -2.30. The van der Waals surface area contributed by atoms with Crippen LogP contribution in [0.1, 0.15) is 203 Å². The highest BCUT2D eigenvalue weighted by atomic mass is 31.2. The van der Waals surface area contributed by atoms with Gasteiger partial charge in [-0.3, -0.25) is 71.5 Å². The molecule has 7 aromatic rings. The van der Waals surface area contributed by atoms with E-state index < -0.39 is 271 Å². The number of carbonyl (C=O) groups is 3. The molecule has 6 aliphatic rings. The second-order valence-electron chi connectivity index (χ2n) is 33.0. The number of fused-ring (bicyclic) bond motifs is 2. The predicted molar refractivity (Wildman–Crippen MR) is 492 cm³/mol. The summed E-state index contributed by atoms with van der Waals surface area (Å²) in [6, 6.07) is 16.3. The third kappa shape index (κ3) is 29.9. The van der Waals surface area contributed by atoms with Crippen LogP contribution in [-0.2, 0) is 80.1 Å². The zero-order chi connectivity index (χ0) is 103. The van der Waals surface area contributed by atoms with Gasteiger partial charge in [0.05, 0.1) is 40.1 Å². The molecule has 6 aliphatic heterocycles. The molecular weight excluding hydrogens is 1900 g/mol. The van der Waals surface area contributed by atoms with Crippen molar-refractivity contribution < 1.29 is 160 Å². The molecule has 13 rings (SSSR count). The molecule has 0 amide bonds. The van der Waals surface area contributed by atoms with Crippen molar-refractivity contribution in [2.24, 2.45) is 0 Å². The molecule has 10 heterocycles. The molecular formula is C87H133F5N10O35P2. The van der Waals surface area contributed by atoms with Crippen LogP contribution in [0.2, 0.25) is 0 Å². The Hall–Kier alpha value is -10.4. The molecule has 0 aliphatic carbocycles. The topological polar surface area (TPSA) is 620 Å². The van der Waals surface area contributed by atoms with Crippen molar-refractivity contribution in [1.29, 1.82) is 0 Å². The largest absolute Gasteiger partial charge is 0.513 e. The minimum atomic E-state index is -4.91. The predicted octanol–water partition coefficient (Wildman–Crippen LogP) is 6.75. The number of rotatable bonds is 24. The van der Waals surface area contributed by atoms with Gasteiger partial charge in [-0.05, 0) is 142 Å². The van der Waals surface area contributed by atoms with Crippen LogP contribution in [0.3, 0.4) is 0 Å². The number of benzene rings is 3. The van der Waals surface area contributed by atoms with Gasteiger partial charge in [-0.15, -0.1) is 0 Å². The number of ether oxygens (including phenoxy) is 11. The number of aliphatic hydroxyl groups is 6. The number of aromatic amines is 4. The molecule has 6 saturated heterocycles. The summed E-state index contributed by atoms with van der Waals surface area (Å²) in [7, 11) is -9.67. The molecule has 0 saturated carbocycles. The first-order chi connectivity index (χ1) is 62.8. The van der Waals surface area contributed by atoms with Gasteiger partial charge in [0, 0.05) is 49.1 Å². The maximum Gasteiger partial charge on any atom is 0.513 e. The van der Waals surface area contributed by atoms with Gasteiger partial charge in [0.2, 0.25) is 34.8 Å². The maximum absolute atomic E-state index is 14.0. The van der Waals surface area contributed by atoms with Gasteiger partial charge < -0.3 is 102 Å². The van der Waals surface area contributed by atoms with E-state index in [4.69, 9.17) is 73.9 Å². The Bertz CT molecular complexity index is 6140. The number of nitrogens with zero attached hydrogens (tertiary/aromatic N) is 4. The van der Waals surface area contributed by atoms with Crippen LogP contribution in [0, 0.1) is 29.1 Å². The Morgan fingerprint density at radius 2 is 0.791 bits per heavy atom. The van der Waals surface area contributed by atoms with E-state index in [1.807, 2.05) is 9.97 Å². The van der Waals surface area contributed by atoms with Crippen molar-refractivity contribution >= 4 is 33.4 Å². The van der Waals surface area contributed by atoms with Crippen molar-refractivity contribution in [3.63, 3.8) is 0 Å². The quantitative estimate of drug-likeness (QED) is 0.00743. The standard InChI is InChI=1S/C22H30N3O10P.C18H17F5NO5P.C17H24N2O7.C13H18N2O6.C10H14N2O6.7CH4.H2O/c1-13(2)33-19(28)14(3)24-36(31,35-15-8-6-5-7-9-15)32-12-16-18(27)22(4,30)20(34-16)25-11-10-17(26)23-21(25)29;1-9(2)27-18(25)10(3)24-30(26,28-11-7-5-4-6-8-11)29-17-15(22)13(20)12(19)14(21)16(17)23;1-15(2,3)25-12(21)10-11-17(6,26-16(4,5)24-11)13(23-10)19-8-7-9(20)18-14(19)22;1-12(2)20-9-7(6-16)19-10(13(9,3)21-12)15-5-4-8(17)14-11(15)18;1-10(17)7(15)5(4-13)18-8(10)12-3-2-6(14)11-9(12)16;;;;;;;;/h5-11,13-14,16,18,20,27,30H,12H2,1-4H3,(H,24,31)(H,23,26,29);4-10H,1-3H3,(H,24,26);7-8,10-11,13H,1-6H3,(H,18,20,22);4-5,7,9-10,16H,6H2,1-3H3,(H,14,17,18);2-3,5,7-8,13,15,17H,4H2,1H3,(H,11,14,16);7*1H4;1H2/t14-,16+,18+,20+,22+,36-;10-,30+;10-,11+,13+,17+;7-,9-,10-,13-;5-,7-,8-,10-;;;;;;;;/m00011......../s1/i12D2;;;6D2;4D2;;;;;;;;. The minimum absolute atomic E-state index is 0. The van der Waals surface area contributed by atoms with E-state index in [2.05, 4.69) is 24.7 Å². The monoisotopic (exact) mass is 2040 g/mol. The molecule has 0 spiro atoms. The lowest BCUT2D eigenvalue weighted by Crippen LogP contribution is -2.47. The van der Waals surface area contributed by atoms with E-state index in [9.17, 15) is 114 Å². The van der Waals surface area contributed by atoms with E-state index in [1.54, 1.807) is 100 Å². The number of aliphatic hydroxyl groups excluding tert-OH is 2. The van der Waals surface area contributed by atoms with E-state index in [-0.39, 0.29) is 69.0 Å². The van der Waals surface area contributed by atoms with Crippen molar-refractivity contribution in [2.75, 3.05) is 19.7 Å². The summed E-state index contributed by atoms with van der Waals surface area (Å²) in [6.45, 7) is 17.5. The summed E-state index contributed by atoms with van der Waals surface area (Å²) < 4.78 is 227. The van der Waals surface area contributed by atoms with Crippen molar-refractivity contribution in [3.05, 3.63) is 222 Å². The number of para-hydroxylation sites is 2. The lowest BCUT2D eigenvalue weighted by atomic mass is 9.96. The van der Waals surface area contributed by atoms with Gasteiger partial charge in [0.25, 0.3) is 22.2 Å². The van der Waals surface area contributed by atoms with Gasteiger partial charge in [-0.25, -0.2) is 46.3 Å². The molecule has 0 bridgehead atoms. The molecule has 4 aromatic heterocycles. The van der Waals surface area contributed by atoms with Crippen LogP contribution in [-0.4, -0.2) is 225 Å². The number of nitrogens with one attached hydrogen (secondary N) is 6. The van der Waals surface area contributed by atoms with Gasteiger partial charge in [0.1, 0.15) is 94.3 Å². The first-order valence-electron chi connectivity index (χ1n) is 42.5. The minimum Gasteiger partial charge on any atom is -0.462 e. The fourth-order valence-electron chi connectivity index (χ4n) is 13.7. The van der Waals surface area contributed by atoms with E-state index in [0.717, 1.165) is 58.1 Å². The fourth-order valence-corrected chi connectivity index (χ4v) is 16.6. The van der Waals surface area contributed by atoms with Crippen LogP contribution in [0.15, 0.2) is 148 Å². The third-order valence-electron chi connectivity index (χ3n) is 19.3. The van der Waals surface area contributed by atoms with Gasteiger partial charge in [-0.1, -0.05) is 88.4 Å². The Kier molecular flexibility index (Phi) is 41.4. The summed E-state index contributed by atoms with van der Waals surface area (Å²) in [6.07, 6.45) is -13.4. The van der Waals surface area contributed by atoms with Gasteiger partial charge in [0.15, 0.2) is 42.6 Å². The van der Waals surface area contributed by atoms with E-state index in [0.29, 0.717) is 0 Å². The summed E-state index contributed by atoms with van der Waals surface area (Å²) >= 11 is 0. The number of hydrogen-bond donors (Lipinski definition) is 12. The van der Waals surface area contributed by atoms with Crippen LogP contribution in [0.5, 0.6) is 17.2 Å². The first-order valence-corrected chi connectivity index (χ1v) is 42.6. The Morgan fingerprint density at radius 3 is 1.14 bits per heavy atom. The molecule has 0 unspecified atom stereocenters. The molecule has 52 heteroatoms. The van der Waals surface area contributed by atoms with Crippen molar-refractivity contribution in [1.82, 2.24) is 48.4 Å². The SMILES string of the molecule is C.C.C.C.C.C.C.CC(C)(C)OC(=O)[C@H]1O[C@@H](n2ccc(=O)[nH]c2=O)[C@]2(C)OC(C)(C)O[C@H]12.CC(C)OC(=O)[C@H](C)N[P@@](=O)(Oc1ccccc1)Oc1c(F)c(F)c(F)c(F)c1F.O.[2H]C([2H])(O)[C@H]1O[C@@H](n2ccc(=O)[nH]c2=O)[C@](C)(O)[C@@H]1O.[2H]C([2H])(O)[C@H]1O[C@@H](n2ccc(=O)[nH]c2=O)[C@]2(C)OC(C)(C)O[C@H]12.[2H]C([2H])(O[P@@](=O)(N[C@@H](C)C(=O)OC(C)C)Oc1ccccc1)[C@H]1O[C@@H](n2ccc(=O)[nH]c2=O)[C@](C)(O)[C@@H]1O. The zero-order valence-corrected chi connectivity index (χ0v) is 75.1. The fraction of sp³-hybridized carbons (Fsp3) is 0.575. The number of H-pyrrole nitrogens is 4. The van der Waals surface area contributed by atoms with E-state index in [1.165, 1.54) is 87.1 Å². The number of halogens is 5. The van der Waals surface area contributed by atoms with Gasteiger partial charge in [-0.2, -0.15) is 19.0 Å². The van der Waals surface area contributed by atoms with Crippen LogP contribution in [0.4, 0.5) is 22.0 Å². The molecule has 6 fully saturated rings. The van der Waals surface area contributed by atoms with E-state index >= 15 is 0 Å². The Balaban J connectivity index is 0.000000907. The van der Waals surface area contributed by atoms with Crippen molar-refractivity contribution in [2.45, 2.75) is 307 Å². The summed E-state index contributed by atoms with van der Waals surface area (Å²) in [4.78, 5) is 138. The first kappa shape index (κ1) is 116. The number of aromatic nitrogens is 8. The summed E-state index contributed by atoms with van der Waals surface area (Å²) in [5.74, 6) is -18.1. The van der Waals surface area contributed by atoms with Gasteiger partial charge >= 0.3 is 56.2 Å². The summed E-state index contributed by atoms with van der Waals surface area (Å²) in [5, 5.41) is 65.2. The molecule has 20 atom stereocenters.